The quantitative estimate of drug-likeness (QED) is 0.140. The van der Waals surface area contributed by atoms with Crippen LogP contribution in [0.5, 0.6) is 5.75 Å². The van der Waals surface area contributed by atoms with Crippen LogP contribution in [0.4, 0.5) is 51.2 Å². The van der Waals surface area contributed by atoms with Crippen molar-refractivity contribution in [2.45, 2.75) is 57.6 Å². The number of rotatable bonds is 8. The number of nitrogens with zero attached hydrogens (tertiary/aromatic N) is 7. The van der Waals surface area contributed by atoms with Gasteiger partial charge in [0.1, 0.15) is 5.75 Å². The zero-order valence-corrected chi connectivity index (χ0v) is 70.5. The zero-order chi connectivity index (χ0) is 83.8. The third-order valence-electron chi connectivity index (χ3n) is 27.1. The summed E-state index contributed by atoms with van der Waals surface area (Å²) in [6.45, 7) is 14.6. The second-order valence-electron chi connectivity index (χ2n) is 35.4. The predicted molar refractivity (Wildman–Crippen MR) is 522 cm³/mol. The Morgan fingerprint density at radius 2 is 0.584 bits per heavy atom. The smallest absolute Gasteiger partial charge is 0.524 e. The van der Waals surface area contributed by atoms with Crippen molar-refractivity contribution in [1.82, 2.24) is 15.0 Å². The molecule has 0 saturated heterocycles. The van der Waals surface area contributed by atoms with Crippen LogP contribution in [0.2, 0.25) is 0 Å². The molecule has 125 heavy (non-hydrogen) atoms. The molecular weight excluding hydrogens is 1520 g/mol. The molecule has 0 fully saturated rings. The Bertz CT molecular complexity index is 6850. The molecule has 0 saturated carbocycles. The summed E-state index contributed by atoms with van der Waals surface area (Å²) in [5.74, 6) is 1.65. The predicted octanol–water partition coefficient (Wildman–Crippen LogP) is 26.6. The van der Waals surface area contributed by atoms with Gasteiger partial charge in [-0.2, -0.15) is 0 Å². The third-order valence-corrected chi connectivity index (χ3v) is 27.1. The second-order valence-corrected chi connectivity index (χ2v) is 35.4. The second kappa shape index (κ2) is 29.6. The van der Waals surface area contributed by atoms with Gasteiger partial charge in [-0.1, -0.05) is 357 Å². The van der Waals surface area contributed by atoms with Crippen LogP contribution in [-0.2, 0) is 16.0 Å². The SMILES string of the molecule is CC1(C)B2c3ccccc3-c3ccccc3N2c2ccc(-c3cc(-c4ccccc4)cc(-c4ccccc4)n3)cc21.CC1(C)B2c3ccccc3-c3ccccc3N2c2ccc(-c3cc(-c4ccccc4)nc(-c4ccccc4)n3)cc21.CC1(C)c2ccccc2N(c2ccc(-c3ccc4c(c3)OB3c5ccccc5-c5ccccc5N34)cc2)c2ccccc21. The Kier molecular flexibility index (Phi) is 17.8. The average molecular weight is 1600 g/mol. The molecule has 0 spiro atoms. The van der Waals surface area contributed by atoms with Crippen molar-refractivity contribution in [1.29, 1.82) is 0 Å². The fraction of sp³-hybridized carbons (Fsp3) is 0.0789. The van der Waals surface area contributed by atoms with Crippen molar-refractivity contribution in [3.05, 3.63) is 435 Å². The summed E-state index contributed by atoms with van der Waals surface area (Å²) in [6, 6.07) is 148. The van der Waals surface area contributed by atoms with Crippen molar-refractivity contribution in [2.24, 2.45) is 0 Å². The van der Waals surface area contributed by atoms with Crippen LogP contribution < -0.4 is 40.4 Å². The molecule has 16 aromatic carbocycles. The Hall–Kier alpha value is -15.1. The first-order valence-corrected chi connectivity index (χ1v) is 43.5. The summed E-state index contributed by atoms with van der Waals surface area (Å²) < 4.78 is 6.69. The summed E-state index contributed by atoms with van der Waals surface area (Å²) in [5, 5.41) is -0.221. The standard InChI is InChI=1S/C39H29BN2O.C38H29BN2.C37H28BN3/c1-39(2)31-13-5-9-17-35(31)41(36-18-10-6-14-32(36)39)28-22-19-26(20-23-28)27-21-24-37-38(25-27)43-40-33-15-7-3-11-29(33)30-12-4-8-16-34(30)42(37)40;1-38(2)32-23-28(35-25-29(26-13-5-3-6-14-26)24-34(40-35)27-15-7-4-8-16-27)21-22-37(32)41-36-20-12-10-18-31(36)30-17-9-11-19-33(30)39(38)41;1-37(2)30-23-27(33-24-32(25-13-5-3-6-14-25)39-36(40-33)26-15-7-4-8-16-26)21-22-35(30)41-34-20-12-10-18-29(34)28-17-9-11-19-31(28)38(37)41/h3-25H,1-2H3;3-25H,1-2H3;3-24H,1-2H3. The Morgan fingerprint density at radius 3 is 1.08 bits per heavy atom. The molecule has 2 aromatic heterocycles. The normalized spacial score (nSPS) is 14.5. The van der Waals surface area contributed by atoms with E-state index in [-0.39, 0.29) is 36.8 Å². The molecule has 0 unspecified atom stereocenters. The Morgan fingerprint density at radius 1 is 0.232 bits per heavy atom. The maximum atomic E-state index is 6.69. The van der Waals surface area contributed by atoms with Gasteiger partial charge in [-0.3, -0.25) is 0 Å². The molecule has 18 aromatic rings. The first kappa shape index (κ1) is 75.0. The number of aromatic nitrogens is 3. The van der Waals surface area contributed by atoms with Gasteiger partial charge in [-0.15, -0.1) is 0 Å². The van der Waals surface area contributed by atoms with Crippen LogP contribution in [0.15, 0.2) is 413 Å². The Labute approximate surface area is 732 Å². The van der Waals surface area contributed by atoms with Gasteiger partial charge in [-0.05, 0) is 185 Å². The van der Waals surface area contributed by atoms with Gasteiger partial charge in [0.2, 0.25) is 0 Å². The number of fused-ring (bicyclic) bond motifs is 26. The van der Waals surface area contributed by atoms with E-state index in [1.54, 1.807) is 0 Å². The molecule has 25 rings (SSSR count). The molecule has 592 valence electrons. The average Bonchev–Trinajstić information content (AvgIpc) is 1.56. The molecule has 8 nitrogen and oxygen atoms in total. The minimum atomic E-state index is -0.165. The van der Waals surface area contributed by atoms with Crippen molar-refractivity contribution in [3.8, 4) is 118 Å². The van der Waals surface area contributed by atoms with Gasteiger partial charge in [-0.25, -0.2) is 15.0 Å². The topological polar surface area (TPSA) is 60.9 Å². The number of para-hydroxylation sites is 5. The molecule has 0 aliphatic carbocycles. The summed E-state index contributed by atoms with van der Waals surface area (Å²) >= 11 is 0. The van der Waals surface area contributed by atoms with Crippen LogP contribution in [-0.4, -0.2) is 35.7 Å². The lowest BCUT2D eigenvalue weighted by Gasteiger charge is -2.42. The lowest BCUT2D eigenvalue weighted by molar-refractivity contribution is 0.603. The molecular formula is C114H86B3N7O. The van der Waals surface area contributed by atoms with E-state index in [0.29, 0.717) is 0 Å². The molecule has 7 aliphatic heterocycles. The number of hydrogen-bond donors (Lipinski definition) is 0. The lowest BCUT2D eigenvalue weighted by Crippen LogP contribution is -2.55. The molecule has 0 N–H and O–H groups in total. The van der Waals surface area contributed by atoms with E-state index in [9.17, 15) is 0 Å². The van der Waals surface area contributed by atoms with E-state index < -0.39 is 0 Å². The van der Waals surface area contributed by atoms with Gasteiger partial charge < -0.3 is 24.0 Å². The largest absolute Gasteiger partial charge is 0.536 e. The van der Waals surface area contributed by atoms with Gasteiger partial charge in [0.15, 0.2) is 5.82 Å². The molecule has 11 heteroatoms. The Balaban J connectivity index is 0.000000108. The zero-order valence-electron chi connectivity index (χ0n) is 70.5. The van der Waals surface area contributed by atoms with Gasteiger partial charge >= 0.3 is 20.7 Å². The monoisotopic (exact) mass is 1600 g/mol. The van der Waals surface area contributed by atoms with Gasteiger partial charge in [0.25, 0.3) is 0 Å². The van der Waals surface area contributed by atoms with Crippen LogP contribution >= 0.6 is 0 Å². The lowest BCUT2D eigenvalue weighted by atomic mass is 9.37. The number of hydrogen-bond acceptors (Lipinski definition) is 8. The minimum Gasteiger partial charge on any atom is -0.536 e. The molecule has 0 atom stereocenters. The van der Waals surface area contributed by atoms with E-state index in [4.69, 9.17) is 19.6 Å². The molecule has 0 amide bonds. The van der Waals surface area contributed by atoms with Crippen molar-refractivity contribution in [3.63, 3.8) is 0 Å². The van der Waals surface area contributed by atoms with E-state index in [1.807, 2.05) is 24.3 Å². The summed E-state index contributed by atoms with van der Waals surface area (Å²) in [4.78, 5) is 25.2. The summed E-state index contributed by atoms with van der Waals surface area (Å²) in [7, 11) is -0.165. The highest BCUT2D eigenvalue weighted by Crippen LogP contribution is 2.57. The molecule has 7 aliphatic rings. The van der Waals surface area contributed by atoms with Crippen LogP contribution in [0.25, 0.3) is 112 Å². The maximum Gasteiger partial charge on any atom is 0.524 e. The van der Waals surface area contributed by atoms with Crippen molar-refractivity contribution >= 4 is 88.3 Å². The van der Waals surface area contributed by atoms with Crippen molar-refractivity contribution in [2.75, 3.05) is 19.3 Å². The van der Waals surface area contributed by atoms with Crippen molar-refractivity contribution < 1.29 is 4.65 Å². The van der Waals surface area contributed by atoms with E-state index in [2.05, 4.69) is 449 Å². The van der Waals surface area contributed by atoms with E-state index in [0.717, 1.165) is 79.1 Å². The highest BCUT2D eigenvalue weighted by Gasteiger charge is 2.55. The van der Waals surface area contributed by atoms with Crippen LogP contribution in [0.3, 0.4) is 0 Å². The number of benzene rings is 16. The molecule has 0 bridgehead atoms. The van der Waals surface area contributed by atoms with Gasteiger partial charge in [0, 0.05) is 84.0 Å². The molecule has 9 heterocycles. The fourth-order valence-corrected chi connectivity index (χ4v) is 21.1. The summed E-state index contributed by atoms with van der Waals surface area (Å²) in [5.41, 5.74) is 42.1. The first-order chi connectivity index (χ1) is 61.3. The number of anilines is 9. The summed E-state index contributed by atoms with van der Waals surface area (Å²) in [6.07, 6.45) is 0. The minimum absolute atomic E-state index is 0.0672. The highest BCUT2D eigenvalue weighted by molar-refractivity contribution is 6.85. The first-order valence-electron chi connectivity index (χ1n) is 43.5. The van der Waals surface area contributed by atoms with E-state index in [1.165, 1.54) is 129 Å². The third kappa shape index (κ3) is 12.3. The van der Waals surface area contributed by atoms with Crippen LogP contribution in [0, 0.1) is 0 Å². The van der Waals surface area contributed by atoms with Gasteiger partial charge in [0.05, 0.1) is 39.8 Å². The molecule has 0 radical (unpaired) electrons. The number of pyridine rings is 1. The fourth-order valence-electron chi connectivity index (χ4n) is 21.1. The van der Waals surface area contributed by atoms with E-state index >= 15 is 0 Å². The highest BCUT2D eigenvalue weighted by atomic mass is 16.5. The maximum absolute atomic E-state index is 6.69. The van der Waals surface area contributed by atoms with Crippen LogP contribution in [0.1, 0.15) is 63.8 Å².